The smallest absolute Gasteiger partial charge is 0.227 e. The number of rotatable bonds is 4. The van der Waals surface area contributed by atoms with Gasteiger partial charge in [0.1, 0.15) is 17.5 Å². The summed E-state index contributed by atoms with van der Waals surface area (Å²) in [5, 5.41) is 2.46. The van der Waals surface area contributed by atoms with Crippen molar-refractivity contribution in [2.45, 2.75) is 13.0 Å². The molecule has 1 N–H and O–H groups in total. The van der Waals surface area contributed by atoms with Crippen molar-refractivity contribution in [3.8, 4) is 0 Å². The van der Waals surface area contributed by atoms with Gasteiger partial charge in [-0.15, -0.1) is 0 Å². The maximum absolute atomic E-state index is 13.3. The minimum absolute atomic E-state index is 0.0155. The van der Waals surface area contributed by atoms with Crippen molar-refractivity contribution < 1.29 is 22.8 Å². The molecule has 3 rings (SSSR count). The maximum Gasteiger partial charge on any atom is 0.227 e. The molecule has 2 aromatic rings. The zero-order valence-corrected chi connectivity index (χ0v) is 14.2. The predicted octanol–water partition coefficient (Wildman–Crippen LogP) is 3.43. The van der Waals surface area contributed by atoms with Crippen LogP contribution in [-0.2, 0) is 16.1 Å². The number of hydrogen-bond donors (Lipinski definition) is 1. The highest BCUT2D eigenvalue weighted by molar-refractivity contribution is 6.31. The van der Waals surface area contributed by atoms with Gasteiger partial charge in [-0.05, 0) is 35.9 Å². The van der Waals surface area contributed by atoms with Crippen LogP contribution in [0.3, 0.4) is 0 Å². The van der Waals surface area contributed by atoms with Crippen LogP contribution in [0, 0.1) is 23.4 Å². The highest BCUT2D eigenvalue weighted by Crippen LogP contribution is 2.28. The number of carbonyl (C=O) groups is 2. The highest BCUT2D eigenvalue weighted by atomic mass is 35.5. The molecule has 4 nitrogen and oxygen atoms in total. The molecule has 0 radical (unpaired) electrons. The number of nitrogens with zero attached hydrogens (tertiary/aromatic N) is 1. The van der Waals surface area contributed by atoms with E-state index in [0.29, 0.717) is 5.69 Å². The van der Waals surface area contributed by atoms with Gasteiger partial charge in [-0.25, -0.2) is 13.2 Å². The lowest BCUT2D eigenvalue weighted by Gasteiger charge is -2.17. The van der Waals surface area contributed by atoms with Gasteiger partial charge < -0.3 is 10.2 Å². The molecule has 1 aliphatic rings. The fraction of sp³-hybridized carbons (Fsp3) is 0.222. The first kappa shape index (κ1) is 18.3. The summed E-state index contributed by atoms with van der Waals surface area (Å²) >= 11 is 5.73. The Balaban J connectivity index is 1.64. The number of amides is 2. The van der Waals surface area contributed by atoms with Crippen LogP contribution in [0.15, 0.2) is 36.4 Å². The number of anilines is 1. The van der Waals surface area contributed by atoms with Gasteiger partial charge >= 0.3 is 0 Å². The quantitative estimate of drug-likeness (QED) is 0.880. The third-order valence-electron chi connectivity index (χ3n) is 4.10. The van der Waals surface area contributed by atoms with Crippen LogP contribution in [0.1, 0.15) is 12.0 Å². The van der Waals surface area contributed by atoms with Crippen molar-refractivity contribution in [1.29, 1.82) is 0 Å². The molecule has 8 heteroatoms. The number of carbonyl (C=O) groups excluding carboxylic acids is 2. The fourth-order valence-corrected chi connectivity index (χ4v) is 3.01. The van der Waals surface area contributed by atoms with Crippen LogP contribution in [0.2, 0.25) is 5.02 Å². The summed E-state index contributed by atoms with van der Waals surface area (Å²) in [6.07, 6.45) is -0.0155. The van der Waals surface area contributed by atoms with Crippen molar-refractivity contribution in [3.05, 3.63) is 64.4 Å². The van der Waals surface area contributed by atoms with Gasteiger partial charge in [0, 0.05) is 31.3 Å². The Hall–Kier alpha value is -2.54. The molecule has 0 spiro atoms. The summed E-state index contributed by atoms with van der Waals surface area (Å²) < 4.78 is 39.6. The van der Waals surface area contributed by atoms with E-state index in [1.807, 2.05) is 0 Å². The predicted molar refractivity (Wildman–Crippen MR) is 90.1 cm³/mol. The molecular weight excluding hydrogens is 369 g/mol. The van der Waals surface area contributed by atoms with E-state index in [1.54, 1.807) is 0 Å². The zero-order chi connectivity index (χ0) is 18.8. The zero-order valence-electron chi connectivity index (χ0n) is 13.4. The van der Waals surface area contributed by atoms with Crippen molar-refractivity contribution in [2.24, 2.45) is 5.92 Å². The molecule has 0 aliphatic carbocycles. The molecule has 0 unspecified atom stereocenters. The number of halogens is 4. The Kier molecular flexibility index (Phi) is 5.18. The van der Waals surface area contributed by atoms with Gasteiger partial charge in [-0.1, -0.05) is 11.6 Å². The van der Waals surface area contributed by atoms with Gasteiger partial charge in [0.2, 0.25) is 11.8 Å². The lowest BCUT2D eigenvalue weighted by molar-refractivity contribution is -0.126. The van der Waals surface area contributed by atoms with E-state index in [9.17, 15) is 22.8 Å². The van der Waals surface area contributed by atoms with E-state index in [4.69, 9.17) is 11.6 Å². The topological polar surface area (TPSA) is 49.4 Å². The molecule has 2 aromatic carbocycles. The van der Waals surface area contributed by atoms with E-state index in [0.717, 1.165) is 24.3 Å². The summed E-state index contributed by atoms with van der Waals surface area (Å²) in [7, 11) is 0. The first-order valence-electron chi connectivity index (χ1n) is 7.81. The number of benzene rings is 2. The number of nitrogens with one attached hydrogen (secondary N) is 1. The summed E-state index contributed by atoms with van der Waals surface area (Å²) in [6.45, 7) is 0.0602. The minimum atomic E-state index is -0.732. The summed E-state index contributed by atoms with van der Waals surface area (Å²) in [6, 6.07) is 6.87. The van der Waals surface area contributed by atoms with E-state index >= 15 is 0 Å². The normalized spacial score (nSPS) is 16.8. The maximum atomic E-state index is 13.3. The Morgan fingerprint density at radius 3 is 2.50 bits per heavy atom. The summed E-state index contributed by atoms with van der Waals surface area (Å²) in [5.74, 6) is -3.37. The van der Waals surface area contributed by atoms with Crippen LogP contribution in [0.25, 0.3) is 0 Å². The van der Waals surface area contributed by atoms with Gasteiger partial charge in [0.15, 0.2) is 0 Å². The van der Waals surface area contributed by atoms with Crippen molar-refractivity contribution >= 4 is 29.1 Å². The molecule has 136 valence electrons. The SMILES string of the molecule is O=C(NCc1cc(F)cc(F)c1)[C@@H]1CC(=O)N(c2ccc(F)c(Cl)c2)C1. The van der Waals surface area contributed by atoms with E-state index in [1.165, 1.54) is 17.0 Å². The van der Waals surface area contributed by atoms with Crippen LogP contribution in [0.5, 0.6) is 0 Å². The molecule has 0 bridgehead atoms. The van der Waals surface area contributed by atoms with Gasteiger partial charge in [0.05, 0.1) is 10.9 Å². The fourth-order valence-electron chi connectivity index (χ4n) is 2.83. The first-order valence-corrected chi connectivity index (χ1v) is 8.19. The molecule has 1 atom stereocenters. The third-order valence-corrected chi connectivity index (χ3v) is 4.39. The van der Waals surface area contributed by atoms with Crippen LogP contribution < -0.4 is 10.2 Å². The minimum Gasteiger partial charge on any atom is -0.352 e. The average molecular weight is 383 g/mol. The molecule has 1 heterocycles. The first-order chi connectivity index (χ1) is 12.3. The third kappa shape index (κ3) is 3.99. The molecule has 26 heavy (non-hydrogen) atoms. The van der Waals surface area contributed by atoms with Crippen LogP contribution >= 0.6 is 11.6 Å². The van der Waals surface area contributed by atoms with Crippen molar-refractivity contribution in [2.75, 3.05) is 11.4 Å². The number of hydrogen-bond acceptors (Lipinski definition) is 2. The lowest BCUT2D eigenvalue weighted by atomic mass is 10.1. The summed E-state index contributed by atoms with van der Waals surface area (Å²) in [5.41, 5.74) is 0.686. The largest absolute Gasteiger partial charge is 0.352 e. The van der Waals surface area contributed by atoms with Crippen LogP contribution in [0.4, 0.5) is 18.9 Å². The Morgan fingerprint density at radius 1 is 1.15 bits per heavy atom. The molecule has 1 aliphatic heterocycles. The van der Waals surface area contributed by atoms with E-state index < -0.39 is 29.3 Å². The Bertz CT molecular complexity index is 855. The second-order valence-electron chi connectivity index (χ2n) is 6.00. The van der Waals surface area contributed by atoms with Gasteiger partial charge in [0.25, 0.3) is 0 Å². The molecule has 1 fully saturated rings. The second-order valence-corrected chi connectivity index (χ2v) is 6.41. The molecular formula is C18H14ClF3N2O2. The Labute approximate surface area is 152 Å². The van der Waals surface area contributed by atoms with Gasteiger partial charge in [-0.3, -0.25) is 9.59 Å². The average Bonchev–Trinajstić information content (AvgIpc) is 2.96. The second kappa shape index (κ2) is 7.37. The standard InChI is InChI=1S/C18H14ClF3N2O2/c19-15-7-14(1-2-16(15)22)24-9-11(5-17(24)25)18(26)23-8-10-3-12(20)6-13(21)4-10/h1-4,6-7,11H,5,8-9H2,(H,23,26)/t11-/m1/s1. The van der Waals surface area contributed by atoms with E-state index in [2.05, 4.69) is 5.32 Å². The lowest BCUT2D eigenvalue weighted by Crippen LogP contribution is -2.32. The highest BCUT2D eigenvalue weighted by Gasteiger charge is 2.35. The van der Waals surface area contributed by atoms with E-state index in [-0.39, 0.29) is 36.0 Å². The summed E-state index contributed by atoms with van der Waals surface area (Å²) in [4.78, 5) is 25.8. The molecule has 0 aromatic heterocycles. The molecule has 1 saturated heterocycles. The van der Waals surface area contributed by atoms with Crippen LogP contribution in [-0.4, -0.2) is 18.4 Å². The van der Waals surface area contributed by atoms with Crippen molar-refractivity contribution in [1.82, 2.24) is 5.32 Å². The Morgan fingerprint density at radius 2 is 1.85 bits per heavy atom. The monoisotopic (exact) mass is 382 g/mol. The van der Waals surface area contributed by atoms with Crippen molar-refractivity contribution in [3.63, 3.8) is 0 Å². The molecule has 2 amide bonds. The molecule has 0 saturated carbocycles. The van der Waals surface area contributed by atoms with Gasteiger partial charge in [-0.2, -0.15) is 0 Å².